The van der Waals surface area contributed by atoms with Gasteiger partial charge in [-0.3, -0.25) is 4.99 Å². The predicted octanol–water partition coefficient (Wildman–Crippen LogP) is 3.85. The van der Waals surface area contributed by atoms with Gasteiger partial charge in [-0.15, -0.1) is 35.3 Å². The smallest absolute Gasteiger partial charge is 0.191 e. The lowest BCUT2D eigenvalue weighted by Gasteiger charge is -2.34. The topological polar surface area (TPSA) is 52.6 Å². The summed E-state index contributed by atoms with van der Waals surface area (Å²) < 4.78 is 13.4. The van der Waals surface area contributed by atoms with Gasteiger partial charge in [0.25, 0.3) is 0 Å². The zero-order chi connectivity index (χ0) is 18.5. The SMILES string of the molecule is CN=C(NCc1nc(C)c(C)s1)NC1CCN(c2cccc(F)c2)CC1.I. The number of piperidine rings is 1. The van der Waals surface area contributed by atoms with Crippen LogP contribution < -0.4 is 15.5 Å². The molecule has 1 saturated heterocycles. The van der Waals surface area contributed by atoms with E-state index in [1.54, 1.807) is 30.5 Å². The monoisotopic (exact) mass is 503 g/mol. The van der Waals surface area contributed by atoms with E-state index in [1.165, 1.54) is 10.9 Å². The van der Waals surface area contributed by atoms with Gasteiger partial charge in [0.1, 0.15) is 10.8 Å². The molecule has 1 aliphatic heterocycles. The predicted molar refractivity (Wildman–Crippen MR) is 122 cm³/mol. The fourth-order valence-electron chi connectivity index (χ4n) is 3.12. The number of aliphatic imine (C=N–C) groups is 1. The third kappa shape index (κ3) is 6.03. The summed E-state index contributed by atoms with van der Waals surface area (Å²) >= 11 is 1.72. The van der Waals surface area contributed by atoms with Crippen molar-refractivity contribution in [3.05, 3.63) is 45.7 Å². The Morgan fingerprint density at radius 2 is 2.07 bits per heavy atom. The number of nitrogens with zero attached hydrogens (tertiary/aromatic N) is 3. The third-order valence-electron chi connectivity index (χ3n) is 4.71. The van der Waals surface area contributed by atoms with E-state index >= 15 is 0 Å². The highest BCUT2D eigenvalue weighted by Gasteiger charge is 2.20. The van der Waals surface area contributed by atoms with Crippen LogP contribution in [0.5, 0.6) is 0 Å². The normalized spacial score (nSPS) is 15.4. The standard InChI is InChI=1S/C19H26FN5S.HI/c1-13-14(2)26-18(23-13)12-22-19(21-3)24-16-7-9-25(10-8-16)17-6-4-5-15(20)11-17;/h4-6,11,16H,7-10,12H2,1-3H3,(H2,21,22,24);1H. The van der Waals surface area contributed by atoms with Crippen molar-refractivity contribution < 1.29 is 4.39 Å². The first-order valence-corrected chi connectivity index (χ1v) is 9.77. The number of nitrogens with one attached hydrogen (secondary N) is 2. The average Bonchev–Trinajstić information content (AvgIpc) is 2.97. The van der Waals surface area contributed by atoms with Crippen molar-refractivity contribution >= 4 is 47.0 Å². The van der Waals surface area contributed by atoms with Crippen molar-refractivity contribution in [1.29, 1.82) is 0 Å². The van der Waals surface area contributed by atoms with Gasteiger partial charge in [0.05, 0.1) is 12.2 Å². The minimum Gasteiger partial charge on any atom is -0.371 e. The molecule has 2 N–H and O–H groups in total. The maximum atomic E-state index is 13.4. The third-order valence-corrected chi connectivity index (χ3v) is 5.79. The van der Waals surface area contributed by atoms with E-state index < -0.39 is 0 Å². The van der Waals surface area contributed by atoms with E-state index in [1.807, 2.05) is 13.0 Å². The van der Waals surface area contributed by atoms with Crippen LogP contribution >= 0.6 is 35.3 Å². The molecule has 8 heteroatoms. The number of hydrogen-bond donors (Lipinski definition) is 2. The first-order chi connectivity index (χ1) is 12.5. The van der Waals surface area contributed by atoms with Gasteiger partial charge in [0, 0.05) is 36.7 Å². The Morgan fingerprint density at radius 3 is 2.67 bits per heavy atom. The highest BCUT2D eigenvalue weighted by Crippen LogP contribution is 2.21. The summed E-state index contributed by atoms with van der Waals surface area (Å²) in [6.45, 7) is 6.62. The molecule has 1 aromatic heterocycles. The Bertz CT molecular complexity index is 752. The van der Waals surface area contributed by atoms with Crippen LogP contribution in [0.1, 0.15) is 28.4 Å². The molecule has 5 nitrogen and oxygen atoms in total. The largest absolute Gasteiger partial charge is 0.371 e. The van der Waals surface area contributed by atoms with E-state index in [4.69, 9.17) is 0 Å². The zero-order valence-electron chi connectivity index (χ0n) is 16.0. The number of benzene rings is 1. The summed E-state index contributed by atoms with van der Waals surface area (Å²) in [5.41, 5.74) is 2.06. The van der Waals surface area contributed by atoms with E-state index in [2.05, 4.69) is 32.4 Å². The molecule has 1 fully saturated rings. The highest BCUT2D eigenvalue weighted by molar-refractivity contribution is 14.0. The molecule has 3 rings (SSSR count). The number of aromatic nitrogens is 1. The maximum absolute atomic E-state index is 13.4. The number of rotatable bonds is 4. The number of thiazole rings is 1. The van der Waals surface area contributed by atoms with Gasteiger partial charge in [-0.2, -0.15) is 0 Å². The number of guanidine groups is 1. The average molecular weight is 503 g/mol. The summed E-state index contributed by atoms with van der Waals surface area (Å²) in [6.07, 6.45) is 1.99. The second-order valence-corrected chi connectivity index (χ2v) is 7.85. The van der Waals surface area contributed by atoms with Crippen LogP contribution in [0.2, 0.25) is 0 Å². The van der Waals surface area contributed by atoms with E-state index in [-0.39, 0.29) is 29.8 Å². The Labute approximate surface area is 181 Å². The molecule has 27 heavy (non-hydrogen) atoms. The molecule has 0 amide bonds. The van der Waals surface area contributed by atoms with Crippen LogP contribution in [0.4, 0.5) is 10.1 Å². The molecule has 2 aromatic rings. The van der Waals surface area contributed by atoms with Crippen LogP contribution in [-0.4, -0.2) is 37.1 Å². The maximum Gasteiger partial charge on any atom is 0.191 e. The molecule has 0 radical (unpaired) electrons. The first-order valence-electron chi connectivity index (χ1n) is 8.95. The summed E-state index contributed by atoms with van der Waals surface area (Å²) in [5.74, 6) is 0.625. The van der Waals surface area contributed by atoms with Crippen molar-refractivity contribution in [1.82, 2.24) is 15.6 Å². The van der Waals surface area contributed by atoms with Crippen LogP contribution in [0.15, 0.2) is 29.3 Å². The lowest BCUT2D eigenvalue weighted by Crippen LogP contribution is -2.48. The molecular formula is C19H27FIN5S. The lowest BCUT2D eigenvalue weighted by atomic mass is 10.0. The fourth-order valence-corrected chi connectivity index (χ4v) is 3.99. The Kier molecular flexibility index (Phi) is 8.28. The van der Waals surface area contributed by atoms with Crippen molar-refractivity contribution in [3.8, 4) is 0 Å². The quantitative estimate of drug-likeness (QED) is 0.378. The zero-order valence-corrected chi connectivity index (χ0v) is 19.1. The molecular weight excluding hydrogens is 476 g/mol. The van der Waals surface area contributed by atoms with Gasteiger partial charge < -0.3 is 15.5 Å². The van der Waals surface area contributed by atoms with Gasteiger partial charge in [0.15, 0.2) is 5.96 Å². The number of aryl methyl sites for hydroxylation is 2. The summed E-state index contributed by atoms with van der Waals surface area (Å²) in [5, 5.41) is 7.92. The summed E-state index contributed by atoms with van der Waals surface area (Å²) in [4.78, 5) is 12.4. The van der Waals surface area contributed by atoms with Crippen molar-refractivity contribution in [2.45, 2.75) is 39.3 Å². The van der Waals surface area contributed by atoms with E-state index in [9.17, 15) is 4.39 Å². The second-order valence-electron chi connectivity index (χ2n) is 6.56. The minimum absolute atomic E-state index is 0. The molecule has 0 atom stereocenters. The van der Waals surface area contributed by atoms with Crippen LogP contribution in [0, 0.1) is 19.7 Å². The molecule has 148 valence electrons. The van der Waals surface area contributed by atoms with Crippen LogP contribution in [0.25, 0.3) is 0 Å². The van der Waals surface area contributed by atoms with Gasteiger partial charge >= 0.3 is 0 Å². The summed E-state index contributed by atoms with van der Waals surface area (Å²) in [6, 6.07) is 7.19. The molecule has 0 bridgehead atoms. The van der Waals surface area contributed by atoms with Crippen molar-refractivity contribution in [2.24, 2.45) is 4.99 Å². The van der Waals surface area contributed by atoms with Gasteiger partial charge in [-0.05, 0) is 44.9 Å². The molecule has 1 aliphatic rings. The Balaban J connectivity index is 0.00000261. The number of halogens is 2. The number of anilines is 1. The molecule has 0 spiro atoms. The Hall–Kier alpha value is -1.42. The van der Waals surface area contributed by atoms with Gasteiger partial charge in [-0.1, -0.05) is 6.07 Å². The molecule has 2 heterocycles. The van der Waals surface area contributed by atoms with Gasteiger partial charge in [-0.25, -0.2) is 9.37 Å². The van der Waals surface area contributed by atoms with E-state index in [0.717, 1.165) is 48.3 Å². The van der Waals surface area contributed by atoms with Crippen molar-refractivity contribution in [2.75, 3.05) is 25.0 Å². The van der Waals surface area contributed by atoms with Crippen molar-refractivity contribution in [3.63, 3.8) is 0 Å². The molecule has 0 saturated carbocycles. The minimum atomic E-state index is -0.181. The van der Waals surface area contributed by atoms with Gasteiger partial charge in [0.2, 0.25) is 0 Å². The fraction of sp³-hybridized carbons (Fsp3) is 0.474. The van der Waals surface area contributed by atoms with Crippen LogP contribution in [0.3, 0.4) is 0 Å². The summed E-state index contributed by atoms with van der Waals surface area (Å²) in [7, 11) is 1.79. The highest BCUT2D eigenvalue weighted by atomic mass is 127. The molecule has 0 unspecified atom stereocenters. The lowest BCUT2D eigenvalue weighted by molar-refractivity contribution is 0.461. The van der Waals surface area contributed by atoms with E-state index in [0.29, 0.717) is 12.6 Å². The first kappa shape index (κ1) is 21.9. The molecule has 1 aromatic carbocycles. The van der Waals surface area contributed by atoms with Crippen LogP contribution in [-0.2, 0) is 6.54 Å². The number of hydrogen-bond acceptors (Lipinski definition) is 4. The Morgan fingerprint density at radius 1 is 1.33 bits per heavy atom. The molecule has 0 aliphatic carbocycles. The second kappa shape index (κ2) is 10.2.